The fraction of sp³-hybridized carbons (Fsp3) is 0.375. The van der Waals surface area contributed by atoms with E-state index >= 15 is 0 Å². The molecule has 0 bridgehead atoms. The van der Waals surface area contributed by atoms with Gasteiger partial charge in [-0.3, -0.25) is 4.79 Å². The number of carbonyl (C=O) groups is 1. The fourth-order valence-electron chi connectivity index (χ4n) is 2.78. The summed E-state index contributed by atoms with van der Waals surface area (Å²) in [5, 5.41) is 11.4. The third kappa shape index (κ3) is 2.78. The molecule has 0 saturated carbocycles. The van der Waals surface area contributed by atoms with Gasteiger partial charge in [-0.25, -0.2) is 4.79 Å². The molecule has 0 aliphatic heterocycles. The molecular weight excluding hydrogens is 286 g/mol. The predicted octanol–water partition coefficient (Wildman–Crippen LogP) is 3.47. The van der Waals surface area contributed by atoms with E-state index in [2.05, 4.69) is 0 Å². The van der Waals surface area contributed by atoms with Crippen LogP contribution >= 0.6 is 11.3 Å². The van der Waals surface area contributed by atoms with Gasteiger partial charge < -0.3 is 9.67 Å². The highest BCUT2D eigenvalue weighted by Crippen LogP contribution is 2.30. The lowest BCUT2D eigenvalue weighted by molar-refractivity contribution is 0.0693. The lowest BCUT2D eigenvalue weighted by atomic mass is 9.99. The van der Waals surface area contributed by atoms with E-state index in [1.807, 2.05) is 31.4 Å². The van der Waals surface area contributed by atoms with Gasteiger partial charge in [0.15, 0.2) is 0 Å². The molecule has 5 heteroatoms. The van der Waals surface area contributed by atoms with E-state index in [-0.39, 0.29) is 23.1 Å². The maximum atomic E-state index is 12.5. The van der Waals surface area contributed by atoms with Crippen molar-refractivity contribution in [1.29, 1.82) is 0 Å². The topological polar surface area (TPSA) is 59.3 Å². The highest BCUT2D eigenvalue weighted by molar-refractivity contribution is 7.10. The Morgan fingerprint density at radius 1 is 1.33 bits per heavy atom. The molecule has 2 aromatic rings. The Bertz CT molecular complexity index is 714. The lowest BCUT2D eigenvalue weighted by Crippen LogP contribution is -2.31. The molecule has 1 atom stereocenters. The van der Waals surface area contributed by atoms with Crippen molar-refractivity contribution in [2.75, 3.05) is 0 Å². The van der Waals surface area contributed by atoms with Crippen molar-refractivity contribution in [2.45, 2.75) is 33.7 Å². The van der Waals surface area contributed by atoms with Crippen molar-refractivity contribution in [3.05, 3.63) is 55.6 Å². The minimum absolute atomic E-state index is 0.142. The first-order chi connectivity index (χ1) is 9.84. The van der Waals surface area contributed by atoms with E-state index in [1.165, 1.54) is 6.07 Å². The Balaban J connectivity index is 2.75. The summed E-state index contributed by atoms with van der Waals surface area (Å²) < 4.78 is 1.62. The van der Waals surface area contributed by atoms with Gasteiger partial charge in [0, 0.05) is 16.6 Å². The molecule has 0 aromatic carbocycles. The second-order valence-electron chi connectivity index (χ2n) is 5.51. The number of pyridine rings is 1. The molecule has 0 aliphatic carbocycles. The van der Waals surface area contributed by atoms with E-state index in [9.17, 15) is 14.7 Å². The summed E-state index contributed by atoms with van der Waals surface area (Å²) in [6.07, 6.45) is 0. The summed E-state index contributed by atoms with van der Waals surface area (Å²) in [5.74, 6) is -0.808. The SMILES string of the molecule is Cc1cc(=O)n(C(c2cccs2)C(C)C)c(C)c1C(=O)O. The number of hydrogen-bond donors (Lipinski definition) is 1. The van der Waals surface area contributed by atoms with Crippen LogP contribution in [-0.4, -0.2) is 15.6 Å². The maximum Gasteiger partial charge on any atom is 0.337 e. The largest absolute Gasteiger partial charge is 0.478 e. The molecule has 1 N–H and O–H groups in total. The van der Waals surface area contributed by atoms with Gasteiger partial charge in [0.2, 0.25) is 0 Å². The molecule has 0 aliphatic rings. The number of thiophene rings is 1. The number of carboxylic acid groups (broad SMARTS) is 1. The zero-order chi connectivity index (χ0) is 15.7. The summed E-state index contributed by atoms with van der Waals surface area (Å²) in [7, 11) is 0. The molecule has 2 heterocycles. The minimum Gasteiger partial charge on any atom is -0.478 e. The van der Waals surface area contributed by atoms with Crippen LogP contribution in [0.3, 0.4) is 0 Å². The van der Waals surface area contributed by atoms with Gasteiger partial charge in [0.1, 0.15) is 0 Å². The predicted molar refractivity (Wildman–Crippen MR) is 84.4 cm³/mol. The molecular formula is C16H19NO3S. The first-order valence-electron chi connectivity index (χ1n) is 6.84. The van der Waals surface area contributed by atoms with E-state index in [1.54, 1.807) is 29.8 Å². The maximum absolute atomic E-state index is 12.5. The van der Waals surface area contributed by atoms with Crippen molar-refractivity contribution < 1.29 is 9.90 Å². The molecule has 4 nitrogen and oxygen atoms in total. The third-order valence-corrected chi connectivity index (χ3v) is 4.60. The quantitative estimate of drug-likeness (QED) is 0.941. The summed E-state index contributed by atoms with van der Waals surface area (Å²) >= 11 is 1.58. The van der Waals surface area contributed by atoms with Crippen LogP contribution in [0.4, 0.5) is 0 Å². The highest BCUT2D eigenvalue weighted by Gasteiger charge is 2.25. The summed E-state index contributed by atoms with van der Waals surface area (Å²) in [6, 6.07) is 5.21. The summed E-state index contributed by atoms with van der Waals surface area (Å²) in [4.78, 5) is 25.0. The van der Waals surface area contributed by atoms with Crippen LogP contribution in [-0.2, 0) is 0 Å². The monoisotopic (exact) mass is 305 g/mol. The van der Waals surface area contributed by atoms with E-state index < -0.39 is 5.97 Å². The Morgan fingerprint density at radius 2 is 2.00 bits per heavy atom. The smallest absolute Gasteiger partial charge is 0.337 e. The molecule has 21 heavy (non-hydrogen) atoms. The zero-order valence-corrected chi connectivity index (χ0v) is 13.4. The van der Waals surface area contributed by atoms with Crippen molar-refractivity contribution in [3.8, 4) is 0 Å². The molecule has 0 fully saturated rings. The second kappa shape index (κ2) is 5.85. The second-order valence-corrected chi connectivity index (χ2v) is 6.48. The molecule has 2 rings (SSSR count). The molecule has 0 spiro atoms. The van der Waals surface area contributed by atoms with Crippen LogP contribution in [0.5, 0.6) is 0 Å². The number of rotatable bonds is 4. The zero-order valence-electron chi connectivity index (χ0n) is 12.6. The molecule has 0 amide bonds. The number of hydrogen-bond acceptors (Lipinski definition) is 3. The molecule has 0 saturated heterocycles. The van der Waals surface area contributed by atoms with Crippen LogP contribution in [0.1, 0.15) is 46.4 Å². The van der Waals surface area contributed by atoms with Crippen molar-refractivity contribution >= 4 is 17.3 Å². The number of aromatic nitrogens is 1. The van der Waals surface area contributed by atoms with Gasteiger partial charge in [-0.2, -0.15) is 0 Å². The third-order valence-electron chi connectivity index (χ3n) is 3.65. The van der Waals surface area contributed by atoms with Gasteiger partial charge in [0.05, 0.1) is 11.6 Å². The van der Waals surface area contributed by atoms with Crippen molar-refractivity contribution in [1.82, 2.24) is 4.57 Å². The average molecular weight is 305 g/mol. The summed E-state index contributed by atoms with van der Waals surface area (Å²) in [5.41, 5.74) is 1.09. The van der Waals surface area contributed by atoms with Crippen molar-refractivity contribution in [2.24, 2.45) is 5.92 Å². The van der Waals surface area contributed by atoms with E-state index in [0.717, 1.165) is 4.88 Å². The van der Waals surface area contributed by atoms with Gasteiger partial charge in [-0.05, 0) is 36.8 Å². The van der Waals surface area contributed by atoms with Crippen LogP contribution in [0.2, 0.25) is 0 Å². The van der Waals surface area contributed by atoms with Crippen LogP contribution in [0.25, 0.3) is 0 Å². The fourth-order valence-corrected chi connectivity index (χ4v) is 3.77. The first kappa shape index (κ1) is 15.5. The van der Waals surface area contributed by atoms with Gasteiger partial charge in [0.25, 0.3) is 5.56 Å². The van der Waals surface area contributed by atoms with Crippen LogP contribution < -0.4 is 5.56 Å². The van der Waals surface area contributed by atoms with Crippen LogP contribution in [0.15, 0.2) is 28.4 Å². The molecule has 2 aromatic heterocycles. The lowest BCUT2D eigenvalue weighted by Gasteiger charge is -2.26. The highest BCUT2D eigenvalue weighted by atomic mass is 32.1. The van der Waals surface area contributed by atoms with E-state index in [0.29, 0.717) is 11.3 Å². The standard InChI is InChI=1S/C16H19NO3S/c1-9(2)15(12-6-5-7-21-12)17-11(4)14(16(19)20)10(3)8-13(17)18/h5-9,15H,1-4H3,(H,19,20). The number of carboxylic acids is 1. The van der Waals surface area contributed by atoms with Crippen molar-refractivity contribution in [3.63, 3.8) is 0 Å². The Kier molecular flexibility index (Phi) is 4.32. The average Bonchev–Trinajstić information content (AvgIpc) is 2.86. The minimum atomic E-state index is -0.993. The normalized spacial score (nSPS) is 12.6. The molecule has 0 radical (unpaired) electrons. The number of nitrogens with zero attached hydrogens (tertiary/aromatic N) is 1. The van der Waals surface area contributed by atoms with E-state index in [4.69, 9.17) is 0 Å². The number of aryl methyl sites for hydroxylation is 1. The number of aromatic carboxylic acids is 1. The molecule has 112 valence electrons. The Hall–Kier alpha value is -1.88. The summed E-state index contributed by atoms with van der Waals surface area (Å²) in [6.45, 7) is 7.45. The first-order valence-corrected chi connectivity index (χ1v) is 7.72. The Morgan fingerprint density at radius 3 is 2.48 bits per heavy atom. The van der Waals surface area contributed by atoms with Gasteiger partial charge in [-0.15, -0.1) is 11.3 Å². The Labute approximate surface area is 127 Å². The van der Waals surface area contributed by atoms with Gasteiger partial charge >= 0.3 is 5.97 Å². The van der Waals surface area contributed by atoms with Gasteiger partial charge in [-0.1, -0.05) is 19.9 Å². The van der Waals surface area contributed by atoms with Crippen LogP contribution in [0, 0.1) is 19.8 Å². The molecule has 1 unspecified atom stereocenters.